The molecule has 0 atom stereocenters. The van der Waals surface area contributed by atoms with Gasteiger partial charge >= 0.3 is 11.8 Å². The zero-order valence-corrected chi connectivity index (χ0v) is 17.2. The standard InChI is InChI=1S/C25H21N3O4/c29-22-25(18-10-3-1-4-11-18,19-12-5-2-6-13-19)26-23(30)28(22)17-9-16-27-20-14-7-8-15-21(20)32-24(27)31/h1-8,10-15H,9,16-17H2,(H,26,30). The average molecular weight is 427 g/mol. The lowest BCUT2D eigenvalue weighted by Crippen LogP contribution is -2.45. The van der Waals surface area contributed by atoms with E-state index >= 15 is 0 Å². The molecule has 1 fully saturated rings. The predicted molar refractivity (Wildman–Crippen MR) is 119 cm³/mol. The molecule has 1 N–H and O–H groups in total. The molecule has 1 aliphatic heterocycles. The minimum Gasteiger partial charge on any atom is -0.408 e. The summed E-state index contributed by atoms with van der Waals surface area (Å²) in [6.45, 7) is 0.509. The molecule has 4 aromatic rings. The number of imide groups is 1. The fourth-order valence-corrected chi connectivity index (χ4v) is 4.33. The van der Waals surface area contributed by atoms with Crippen LogP contribution in [-0.4, -0.2) is 28.0 Å². The lowest BCUT2D eigenvalue weighted by Gasteiger charge is -2.28. The van der Waals surface area contributed by atoms with Crippen molar-refractivity contribution >= 4 is 23.0 Å². The zero-order chi connectivity index (χ0) is 22.1. The largest absolute Gasteiger partial charge is 0.419 e. The lowest BCUT2D eigenvalue weighted by atomic mass is 9.82. The normalized spacial score (nSPS) is 15.3. The van der Waals surface area contributed by atoms with Crippen molar-refractivity contribution < 1.29 is 14.0 Å². The lowest BCUT2D eigenvalue weighted by molar-refractivity contribution is -0.130. The van der Waals surface area contributed by atoms with Gasteiger partial charge in [0, 0.05) is 13.1 Å². The molecular formula is C25H21N3O4. The number of nitrogens with one attached hydrogen (secondary N) is 1. The van der Waals surface area contributed by atoms with Crippen LogP contribution in [0.25, 0.3) is 11.1 Å². The molecule has 3 aromatic carbocycles. The molecule has 32 heavy (non-hydrogen) atoms. The Labute approximate surface area is 183 Å². The number of fused-ring (bicyclic) bond motifs is 1. The molecule has 160 valence electrons. The van der Waals surface area contributed by atoms with Crippen molar-refractivity contribution in [3.05, 3.63) is 107 Å². The fourth-order valence-electron chi connectivity index (χ4n) is 4.33. The molecule has 1 aliphatic rings. The van der Waals surface area contributed by atoms with Crippen LogP contribution in [0.15, 0.2) is 94.1 Å². The van der Waals surface area contributed by atoms with Crippen LogP contribution in [0.3, 0.4) is 0 Å². The molecule has 0 aliphatic carbocycles. The van der Waals surface area contributed by atoms with Gasteiger partial charge < -0.3 is 9.73 Å². The second kappa shape index (κ2) is 7.85. The number of hydrogen-bond acceptors (Lipinski definition) is 4. The number of carbonyl (C=O) groups is 2. The van der Waals surface area contributed by atoms with E-state index in [0.29, 0.717) is 35.2 Å². The van der Waals surface area contributed by atoms with Crippen LogP contribution in [0.1, 0.15) is 17.5 Å². The first-order valence-electron chi connectivity index (χ1n) is 10.4. The monoisotopic (exact) mass is 427 g/mol. The predicted octanol–water partition coefficient (Wildman–Crippen LogP) is 3.48. The number of amides is 3. The number of oxazole rings is 1. The van der Waals surface area contributed by atoms with E-state index in [2.05, 4.69) is 5.32 Å². The molecular weight excluding hydrogens is 406 g/mol. The first-order chi connectivity index (χ1) is 15.6. The third-order valence-electron chi connectivity index (χ3n) is 5.86. The summed E-state index contributed by atoms with van der Waals surface area (Å²) in [5.74, 6) is -0.782. The Hall–Kier alpha value is -4.13. The highest BCUT2D eigenvalue weighted by molar-refractivity contribution is 6.09. The van der Waals surface area contributed by atoms with E-state index in [9.17, 15) is 14.4 Å². The van der Waals surface area contributed by atoms with E-state index in [1.165, 1.54) is 9.47 Å². The Morgan fingerprint density at radius 2 is 1.34 bits per heavy atom. The van der Waals surface area contributed by atoms with Crippen LogP contribution in [-0.2, 0) is 16.9 Å². The van der Waals surface area contributed by atoms with E-state index < -0.39 is 17.3 Å². The van der Waals surface area contributed by atoms with Gasteiger partial charge in [0.25, 0.3) is 5.91 Å². The summed E-state index contributed by atoms with van der Waals surface area (Å²) in [6.07, 6.45) is 0.419. The van der Waals surface area contributed by atoms with Crippen molar-refractivity contribution in [1.82, 2.24) is 14.8 Å². The minimum absolute atomic E-state index is 0.179. The molecule has 3 amide bonds. The van der Waals surface area contributed by atoms with Crippen LogP contribution >= 0.6 is 0 Å². The summed E-state index contributed by atoms with van der Waals surface area (Å²) in [5.41, 5.74) is 1.32. The molecule has 1 saturated heterocycles. The topological polar surface area (TPSA) is 84.5 Å². The van der Waals surface area contributed by atoms with Crippen molar-refractivity contribution in [2.45, 2.75) is 18.5 Å². The molecule has 2 heterocycles. The van der Waals surface area contributed by atoms with Gasteiger partial charge in [0.05, 0.1) is 5.52 Å². The number of urea groups is 1. The van der Waals surface area contributed by atoms with Gasteiger partial charge in [-0.3, -0.25) is 14.3 Å². The van der Waals surface area contributed by atoms with Crippen LogP contribution in [0, 0.1) is 0 Å². The highest BCUT2D eigenvalue weighted by Gasteiger charge is 2.53. The molecule has 7 heteroatoms. The molecule has 1 aromatic heterocycles. The maximum Gasteiger partial charge on any atom is 0.419 e. The van der Waals surface area contributed by atoms with E-state index in [0.717, 1.165) is 0 Å². The van der Waals surface area contributed by atoms with Crippen LogP contribution in [0.5, 0.6) is 0 Å². The van der Waals surface area contributed by atoms with Crippen molar-refractivity contribution in [3.8, 4) is 0 Å². The summed E-state index contributed by atoms with van der Waals surface area (Å²) in [4.78, 5) is 40.0. The highest BCUT2D eigenvalue weighted by atomic mass is 16.4. The smallest absolute Gasteiger partial charge is 0.408 e. The number of para-hydroxylation sites is 2. The molecule has 0 spiro atoms. The zero-order valence-electron chi connectivity index (χ0n) is 17.2. The summed E-state index contributed by atoms with van der Waals surface area (Å²) < 4.78 is 6.78. The van der Waals surface area contributed by atoms with Gasteiger partial charge in [-0.15, -0.1) is 0 Å². The first kappa shape index (κ1) is 19.8. The summed E-state index contributed by atoms with van der Waals surface area (Å²) in [7, 11) is 0. The molecule has 5 rings (SSSR count). The second-order valence-electron chi connectivity index (χ2n) is 7.71. The molecule has 0 saturated carbocycles. The summed E-state index contributed by atoms with van der Waals surface area (Å²) >= 11 is 0. The van der Waals surface area contributed by atoms with Crippen molar-refractivity contribution in [3.63, 3.8) is 0 Å². The minimum atomic E-state index is -1.28. The van der Waals surface area contributed by atoms with Crippen LogP contribution in [0.2, 0.25) is 0 Å². The summed E-state index contributed by atoms with van der Waals surface area (Å²) in [6, 6.07) is 25.2. The SMILES string of the molecule is O=C1NC(c2ccccc2)(c2ccccc2)C(=O)N1CCCn1c(=O)oc2ccccc21. The van der Waals surface area contributed by atoms with Gasteiger partial charge in [0.15, 0.2) is 11.1 Å². The number of benzene rings is 3. The number of rotatable bonds is 6. The van der Waals surface area contributed by atoms with Gasteiger partial charge in [-0.25, -0.2) is 9.59 Å². The maximum absolute atomic E-state index is 13.7. The van der Waals surface area contributed by atoms with Crippen molar-refractivity contribution in [1.29, 1.82) is 0 Å². The van der Waals surface area contributed by atoms with Crippen LogP contribution in [0.4, 0.5) is 4.79 Å². The third kappa shape index (κ3) is 3.10. The maximum atomic E-state index is 13.7. The van der Waals surface area contributed by atoms with Gasteiger partial charge in [0.2, 0.25) is 0 Å². The fraction of sp³-hybridized carbons (Fsp3) is 0.160. The third-order valence-corrected chi connectivity index (χ3v) is 5.86. The van der Waals surface area contributed by atoms with Gasteiger partial charge in [-0.1, -0.05) is 72.8 Å². The van der Waals surface area contributed by atoms with E-state index in [4.69, 9.17) is 4.42 Å². The summed E-state index contributed by atoms with van der Waals surface area (Å²) in [5, 5.41) is 2.93. The Morgan fingerprint density at radius 3 is 2.00 bits per heavy atom. The van der Waals surface area contributed by atoms with E-state index in [-0.39, 0.29) is 12.5 Å². The second-order valence-corrected chi connectivity index (χ2v) is 7.71. The van der Waals surface area contributed by atoms with E-state index in [1.807, 2.05) is 72.8 Å². The van der Waals surface area contributed by atoms with Gasteiger partial charge in [-0.05, 0) is 29.7 Å². The molecule has 0 radical (unpaired) electrons. The number of aromatic nitrogens is 1. The quantitative estimate of drug-likeness (QED) is 0.478. The number of carbonyl (C=O) groups excluding carboxylic acids is 2. The highest BCUT2D eigenvalue weighted by Crippen LogP contribution is 2.36. The Morgan fingerprint density at radius 1 is 0.750 bits per heavy atom. The Bertz CT molecular complexity index is 1300. The van der Waals surface area contributed by atoms with Crippen molar-refractivity contribution in [2.75, 3.05) is 6.54 Å². The molecule has 0 unspecified atom stereocenters. The number of aryl methyl sites for hydroxylation is 1. The van der Waals surface area contributed by atoms with Gasteiger partial charge in [-0.2, -0.15) is 0 Å². The van der Waals surface area contributed by atoms with Crippen LogP contribution < -0.4 is 11.1 Å². The number of nitrogens with zero attached hydrogens (tertiary/aromatic N) is 2. The van der Waals surface area contributed by atoms with Gasteiger partial charge in [0.1, 0.15) is 0 Å². The Balaban J connectivity index is 1.42. The molecule has 0 bridgehead atoms. The number of hydrogen-bond donors (Lipinski definition) is 1. The molecule has 7 nitrogen and oxygen atoms in total. The average Bonchev–Trinajstić information content (AvgIpc) is 3.28. The first-order valence-corrected chi connectivity index (χ1v) is 10.4. The van der Waals surface area contributed by atoms with Crippen molar-refractivity contribution in [2.24, 2.45) is 0 Å². The van der Waals surface area contributed by atoms with E-state index in [1.54, 1.807) is 12.1 Å². The Kier molecular flexibility index (Phi) is 4.86.